The number of hydrogen-bond acceptors (Lipinski definition) is 4. The van der Waals surface area contributed by atoms with Crippen molar-refractivity contribution in [3.63, 3.8) is 0 Å². The average molecular weight is 402 g/mol. The van der Waals surface area contributed by atoms with Gasteiger partial charge in [0, 0.05) is 26.7 Å². The summed E-state index contributed by atoms with van der Waals surface area (Å²) < 4.78 is 5.37. The second-order valence-corrected chi connectivity index (χ2v) is 8.36. The van der Waals surface area contributed by atoms with E-state index in [4.69, 9.17) is 27.9 Å². The van der Waals surface area contributed by atoms with Crippen molar-refractivity contribution in [2.24, 2.45) is 5.92 Å². The van der Waals surface area contributed by atoms with E-state index in [9.17, 15) is 9.59 Å². The monoisotopic (exact) mass is 401 g/mol. The maximum absolute atomic E-state index is 12.6. The van der Waals surface area contributed by atoms with Gasteiger partial charge in [0.2, 0.25) is 0 Å². The van der Waals surface area contributed by atoms with Crippen LogP contribution < -0.4 is 0 Å². The summed E-state index contributed by atoms with van der Waals surface area (Å²) in [6.45, 7) is 7.33. The van der Waals surface area contributed by atoms with Gasteiger partial charge in [-0.1, -0.05) is 23.2 Å². The highest BCUT2D eigenvalue weighted by Gasteiger charge is 2.28. The zero-order valence-corrected chi connectivity index (χ0v) is 17.1. The summed E-state index contributed by atoms with van der Waals surface area (Å²) in [6.07, 6.45) is 1.28. The standard InChI is InChI=1S/C18H25Cl2N3O3/c1-18(2,3)26-17(25)22(4)11-12-7-9-23(10-8-12)16(24)15-13(19)5-6-14(20)21-15/h5-6,12H,7-11H2,1-4H3. The van der Waals surface area contributed by atoms with Crippen molar-refractivity contribution in [3.05, 3.63) is 28.0 Å². The van der Waals surface area contributed by atoms with E-state index in [0.29, 0.717) is 30.6 Å². The lowest BCUT2D eigenvalue weighted by atomic mass is 9.96. The smallest absolute Gasteiger partial charge is 0.410 e. The van der Waals surface area contributed by atoms with Gasteiger partial charge in [-0.05, 0) is 51.7 Å². The molecule has 0 aliphatic carbocycles. The molecule has 1 saturated heterocycles. The molecule has 1 fully saturated rings. The molecule has 1 aromatic rings. The van der Waals surface area contributed by atoms with E-state index in [1.54, 1.807) is 29.0 Å². The number of halogens is 2. The van der Waals surface area contributed by atoms with E-state index in [0.717, 1.165) is 12.8 Å². The van der Waals surface area contributed by atoms with Crippen molar-refractivity contribution in [1.29, 1.82) is 0 Å². The first-order valence-corrected chi connectivity index (χ1v) is 9.38. The van der Waals surface area contributed by atoms with E-state index in [2.05, 4.69) is 4.98 Å². The van der Waals surface area contributed by atoms with Crippen LogP contribution in [0.3, 0.4) is 0 Å². The topological polar surface area (TPSA) is 62.7 Å². The van der Waals surface area contributed by atoms with Gasteiger partial charge in [0.25, 0.3) is 5.91 Å². The molecule has 6 nitrogen and oxygen atoms in total. The summed E-state index contributed by atoms with van der Waals surface area (Å²) in [5, 5.41) is 0.540. The van der Waals surface area contributed by atoms with Gasteiger partial charge in [-0.25, -0.2) is 9.78 Å². The highest BCUT2D eigenvalue weighted by Crippen LogP contribution is 2.23. The van der Waals surface area contributed by atoms with E-state index in [1.165, 1.54) is 0 Å². The van der Waals surface area contributed by atoms with Crippen molar-refractivity contribution in [1.82, 2.24) is 14.8 Å². The first-order valence-electron chi connectivity index (χ1n) is 8.62. The van der Waals surface area contributed by atoms with Gasteiger partial charge in [-0.2, -0.15) is 0 Å². The Bertz CT molecular complexity index is 668. The molecule has 2 heterocycles. The summed E-state index contributed by atoms with van der Waals surface area (Å²) in [7, 11) is 1.74. The summed E-state index contributed by atoms with van der Waals surface area (Å²) in [5.41, 5.74) is -0.326. The van der Waals surface area contributed by atoms with Gasteiger partial charge < -0.3 is 14.5 Å². The number of carbonyl (C=O) groups is 2. The molecule has 1 aromatic heterocycles. The lowest BCUT2D eigenvalue weighted by molar-refractivity contribution is 0.0245. The Kier molecular flexibility index (Phi) is 6.74. The Morgan fingerprint density at radius 1 is 1.27 bits per heavy atom. The molecular formula is C18H25Cl2N3O3. The third-order valence-electron chi connectivity index (χ3n) is 4.15. The molecule has 0 unspecified atom stereocenters. The van der Waals surface area contributed by atoms with Crippen LogP contribution in [-0.4, -0.2) is 59.1 Å². The van der Waals surface area contributed by atoms with Crippen LogP contribution in [0.1, 0.15) is 44.1 Å². The second kappa shape index (κ2) is 8.44. The molecule has 0 N–H and O–H groups in total. The minimum Gasteiger partial charge on any atom is -0.444 e. The van der Waals surface area contributed by atoms with Crippen LogP contribution in [0.4, 0.5) is 4.79 Å². The SMILES string of the molecule is CN(CC1CCN(C(=O)c2nc(Cl)ccc2Cl)CC1)C(=O)OC(C)(C)C. The van der Waals surface area contributed by atoms with Crippen molar-refractivity contribution >= 4 is 35.2 Å². The van der Waals surface area contributed by atoms with Gasteiger partial charge in [0.1, 0.15) is 16.4 Å². The molecule has 0 spiro atoms. The highest BCUT2D eigenvalue weighted by atomic mass is 35.5. The Morgan fingerprint density at radius 3 is 2.46 bits per heavy atom. The summed E-state index contributed by atoms with van der Waals surface area (Å²) >= 11 is 11.9. The van der Waals surface area contributed by atoms with E-state index >= 15 is 0 Å². The third kappa shape index (κ3) is 5.74. The molecule has 1 aliphatic heterocycles. The van der Waals surface area contributed by atoms with Crippen molar-refractivity contribution < 1.29 is 14.3 Å². The summed E-state index contributed by atoms with van der Waals surface area (Å²) in [4.78, 5) is 32.0. The predicted molar refractivity (Wildman–Crippen MR) is 102 cm³/mol. The van der Waals surface area contributed by atoms with E-state index in [1.807, 2.05) is 20.8 Å². The third-order valence-corrected chi connectivity index (χ3v) is 4.67. The summed E-state index contributed by atoms with van der Waals surface area (Å²) in [6, 6.07) is 3.13. The quantitative estimate of drug-likeness (QED) is 0.714. The second-order valence-electron chi connectivity index (χ2n) is 7.56. The molecular weight excluding hydrogens is 377 g/mol. The molecule has 0 atom stereocenters. The first kappa shape index (κ1) is 20.8. The number of piperidine rings is 1. The zero-order valence-electron chi connectivity index (χ0n) is 15.6. The number of pyridine rings is 1. The van der Waals surface area contributed by atoms with Crippen LogP contribution in [0.5, 0.6) is 0 Å². The van der Waals surface area contributed by atoms with Crippen LogP contribution in [0.2, 0.25) is 10.2 Å². The number of amides is 2. The number of likely N-dealkylation sites (tertiary alicyclic amines) is 1. The molecule has 0 bridgehead atoms. The Hall–Kier alpha value is -1.53. The van der Waals surface area contributed by atoms with Crippen LogP contribution in [0.25, 0.3) is 0 Å². The van der Waals surface area contributed by atoms with Crippen LogP contribution in [-0.2, 0) is 4.74 Å². The molecule has 144 valence electrons. The number of ether oxygens (including phenoxy) is 1. The Balaban J connectivity index is 1.88. The average Bonchev–Trinajstić information content (AvgIpc) is 2.55. The minimum atomic E-state index is -0.510. The number of rotatable bonds is 3. The highest BCUT2D eigenvalue weighted by molar-refractivity contribution is 6.34. The summed E-state index contributed by atoms with van der Waals surface area (Å²) in [5.74, 6) is 0.107. The molecule has 8 heteroatoms. The lowest BCUT2D eigenvalue weighted by Crippen LogP contribution is -2.43. The van der Waals surface area contributed by atoms with E-state index in [-0.39, 0.29) is 22.8 Å². The van der Waals surface area contributed by atoms with Gasteiger partial charge in [0.05, 0.1) is 5.02 Å². The number of carbonyl (C=O) groups excluding carboxylic acids is 2. The number of hydrogen-bond donors (Lipinski definition) is 0. The van der Waals surface area contributed by atoms with Crippen molar-refractivity contribution in [3.8, 4) is 0 Å². The fourth-order valence-electron chi connectivity index (χ4n) is 2.84. The van der Waals surface area contributed by atoms with Crippen LogP contribution in [0, 0.1) is 5.92 Å². The molecule has 0 radical (unpaired) electrons. The number of nitrogens with zero attached hydrogens (tertiary/aromatic N) is 3. The van der Waals surface area contributed by atoms with Crippen LogP contribution >= 0.6 is 23.2 Å². The van der Waals surface area contributed by atoms with E-state index < -0.39 is 5.60 Å². The van der Waals surface area contributed by atoms with Gasteiger partial charge in [-0.3, -0.25) is 4.79 Å². The van der Waals surface area contributed by atoms with Gasteiger partial charge in [0.15, 0.2) is 0 Å². The Labute approximate surface area is 164 Å². The van der Waals surface area contributed by atoms with Crippen molar-refractivity contribution in [2.45, 2.75) is 39.2 Å². The molecule has 0 saturated carbocycles. The van der Waals surface area contributed by atoms with Crippen molar-refractivity contribution in [2.75, 3.05) is 26.7 Å². The Morgan fingerprint density at radius 2 is 1.88 bits per heavy atom. The normalized spacial score (nSPS) is 15.7. The molecule has 2 rings (SSSR count). The molecule has 26 heavy (non-hydrogen) atoms. The maximum Gasteiger partial charge on any atom is 0.410 e. The van der Waals surface area contributed by atoms with Crippen LogP contribution in [0.15, 0.2) is 12.1 Å². The minimum absolute atomic E-state index is 0.184. The van der Waals surface area contributed by atoms with Gasteiger partial charge in [-0.15, -0.1) is 0 Å². The number of aromatic nitrogens is 1. The molecule has 2 amide bonds. The predicted octanol–water partition coefficient (Wildman–Crippen LogP) is 4.11. The fraction of sp³-hybridized carbons (Fsp3) is 0.611. The zero-order chi connectivity index (χ0) is 19.5. The largest absolute Gasteiger partial charge is 0.444 e. The first-order chi connectivity index (χ1) is 12.1. The lowest BCUT2D eigenvalue weighted by Gasteiger charge is -2.34. The fourth-order valence-corrected chi connectivity index (χ4v) is 3.17. The maximum atomic E-state index is 12.6. The molecule has 0 aromatic carbocycles. The van der Waals surface area contributed by atoms with Gasteiger partial charge >= 0.3 is 6.09 Å². The molecule has 1 aliphatic rings.